The lowest BCUT2D eigenvalue weighted by Crippen LogP contribution is -2.27. The fraction of sp³-hybridized carbons (Fsp3) is 0.913. The van der Waals surface area contributed by atoms with Crippen molar-refractivity contribution in [2.24, 2.45) is 23.7 Å². The highest BCUT2D eigenvalue weighted by Crippen LogP contribution is 2.31. The lowest BCUT2D eigenvalue weighted by molar-refractivity contribution is -0.152. The molecule has 0 amide bonds. The van der Waals surface area contributed by atoms with Crippen molar-refractivity contribution in [3.05, 3.63) is 0 Å². The van der Waals surface area contributed by atoms with Crippen LogP contribution in [-0.4, -0.2) is 64.8 Å². The van der Waals surface area contributed by atoms with Crippen molar-refractivity contribution in [2.45, 2.75) is 65.2 Å². The van der Waals surface area contributed by atoms with Crippen LogP contribution in [0.2, 0.25) is 0 Å². The van der Waals surface area contributed by atoms with Gasteiger partial charge >= 0.3 is 11.9 Å². The zero-order valence-electron chi connectivity index (χ0n) is 19.7. The Balaban J connectivity index is 0.000000468. The van der Waals surface area contributed by atoms with Crippen LogP contribution in [0.5, 0.6) is 0 Å². The van der Waals surface area contributed by atoms with Crippen LogP contribution in [-0.2, 0) is 28.5 Å². The zero-order chi connectivity index (χ0) is 22.8. The molecule has 0 heterocycles. The summed E-state index contributed by atoms with van der Waals surface area (Å²) in [7, 11) is 4.64. The Morgan fingerprint density at radius 1 is 0.733 bits per heavy atom. The average molecular weight is 433 g/mol. The summed E-state index contributed by atoms with van der Waals surface area (Å²) in [6.45, 7) is 5.73. The molecule has 2 fully saturated rings. The number of hydrogen-bond donors (Lipinski definition) is 1. The first-order valence-electron chi connectivity index (χ1n) is 11.3. The average Bonchev–Trinajstić information content (AvgIpc) is 2.75. The minimum absolute atomic E-state index is 0.0165. The number of aliphatic hydroxyl groups excluding tert-OH is 1. The van der Waals surface area contributed by atoms with Gasteiger partial charge in [-0.15, -0.1) is 0 Å². The molecule has 4 unspecified atom stereocenters. The number of methoxy groups -OCH3 is 3. The van der Waals surface area contributed by atoms with Crippen molar-refractivity contribution in [3.63, 3.8) is 0 Å². The molecule has 7 heteroatoms. The Morgan fingerprint density at radius 2 is 1.20 bits per heavy atom. The Labute approximate surface area is 182 Å². The van der Waals surface area contributed by atoms with E-state index in [-0.39, 0.29) is 30.4 Å². The van der Waals surface area contributed by atoms with E-state index in [1.807, 2.05) is 0 Å². The van der Waals surface area contributed by atoms with Gasteiger partial charge in [-0.2, -0.15) is 0 Å². The van der Waals surface area contributed by atoms with Gasteiger partial charge in [0.2, 0.25) is 0 Å². The fourth-order valence-corrected chi connectivity index (χ4v) is 3.91. The molecule has 0 bridgehead atoms. The maximum atomic E-state index is 11.6. The van der Waals surface area contributed by atoms with Crippen LogP contribution in [0.1, 0.15) is 65.2 Å². The summed E-state index contributed by atoms with van der Waals surface area (Å²) in [5, 5.41) is 7.94. The normalized spacial score (nSPS) is 25.7. The first-order chi connectivity index (χ1) is 14.4. The van der Waals surface area contributed by atoms with Gasteiger partial charge in [0.1, 0.15) is 6.61 Å². The van der Waals surface area contributed by atoms with E-state index in [1.54, 1.807) is 14.2 Å². The van der Waals surface area contributed by atoms with Crippen LogP contribution >= 0.6 is 0 Å². The molecule has 0 spiro atoms. The molecule has 4 atom stereocenters. The summed E-state index contributed by atoms with van der Waals surface area (Å²) in [5.41, 5.74) is 0. The third-order valence-corrected chi connectivity index (χ3v) is 5.86. The highest BCUT2D eigenvalue weighted by molar-refractivity contribution is 5.73. The molecule has 178 valence electrons. The summed E-state index contributed by atoms with van der Waals surface area (Å²) < 4.78 is 19.1. The Hall–Kier alpha value is -1.18. The molecule has 30 heavy (non-hydrogen) atoms. The van der Waals surface area contributed by atoms with Gasteiger partial charge < -0.3 is 24.1 Å². The molecule has 1 N–H and O–H groups in total. The standard InChI is InChI=1S/C11H20O3.C9H16O2.C3H8O2/c1-9-5-3-4-6-10(9)11(12)14-8-7-13-2;1-7-5-3-4-6-8(7)9(10)11-2;1-5-3-2-4/h9-10H,3-8H2,1-2H3;7-8H,3-6H2,1-2H3;4H,2-3H2,1H3. The second-order valence-corrected chi connectivity index (χ2v) is 8.14. The molecule has 2 aliphatic rings. The molecule has 2 saturated carbocycles. The summed E-state index contributed by atoms with van der Waals surface area (Å²) in [6, 6.07) is 0. The van der Waals surface area contributed by atoms with Crippen LogP contribution < -0.4 is 0 Å². The van der Waals surface area contributed by atoms with Crippen LogP contribution in [0.4, 0.5) is 0 Å². The van der Waals surface area contributed by atoms with Crippen molar-refractivity contribution in [1.29, 1.82) is 0 Å². The Morgan fingerprint density at radius 3 is 1.57 bits per heavy atom. The molecular weight excluding hydrogens is 388 g/mol. The highest BCUT2D eigenvalue weighted by Gasteiger charge is 2.29. The van der Waals surface area contributed by atoms with Gasteiger partial charge in [0.05, 0.1) is 38.8 Å². The van der Waals surface area contributed by atoms with Gasteiger partial charge in [-0.25, -0.2) is 0 Å². The number of carbonyl (C=O) groups is 2. The third kappa shape index (κ3) is 12.5. The SMILES string of the molecule is COC(=O)C1CCCCC1C.COCCO.COCCOC(=O)C1CCCCC1C. The second-order valence-electron chi connectivity index (χ2n) is 8.14. The first kappa shape index (κ1) is 28.8. The van der Waals surface area contributed by atoms with E-state index < -0.39 is 0 Å². The maximum Gasteiger partial charge on any atom is 0.309 e. The molecule has 7 nitrogen and oxygen atoms in total. The smallest absolute Gasteiger partial charge is 0.309 e. The molecule has 0 saturated heterocycles. The number of ether oxygens (including phenoxy) is 4. The first-order valence-corrected chi connectivity index (χ1v) is 11.3. The molecule has 0 aromatic carbocycles. The van der Waals surface area contributed by atoms with E-state index in [1.165, 1.54) is 32.8 Å². The predicted molar refractivity (Wildman–Crippen MR) is 116 cm³/mol. The lowest BCUT2D eigenvalue weighted by atomic mass is 9.80. The number of aliphatic hydroxyl groups is 1. The van der Waals surface area contributed by atoms with Gasteiger partial charge in [-0.05, 0) is 37.5 Å². The van der Waals surface area contributed by atoms with Crippen molar-refractivity contribution in [3.8, 4) is 0 Å². The van der Waals surface area contributed by atoms with Crippen LogP contribution in [0.3, 0.4) is 0 Å². The topological polar surface area (TPSA) is 91.3 Å². The maximum absolute atomic E-state index is 11.6. The molecule has 0 aliphatic heterocycles. The van der Waals surface area contributed by atoms with E-state index in [9.17, 15) is 9.59 Å². The van der Waals surface area contributed by atoms with Gasteiger partial charge in [0.25, 0.3) is 0 Å². The van der Waals surface area contributed by atoms with Crippen LogP contribution in [0, 0.1) is 23.7 Å². The highest BCUT2D eigenvalue weighted by atomic mass is 16.6. The van der Waals surface area contributed by atoms with Crippen molar-refractivity contribution >= 4 is 11.9 Å². The van der Waals surface area contributed by atoms with E-state index in [2.05, 4.69) is 18.6 Å². The second kappa shape index (κ2) is 18.6. The van der Waals surface area contributed by atoms with Crippen LogP contribution in [0.15, 0.2) is 0 Å². The Kier molecular flexibility index (Phi) is 17.8. The zero-order valence-corrected chi connectivity index (χ0v) is 19.7. The number of rotatable bonds is 7. The van der Waals surface area contributed by atoms with Crippen molar-refractivity contribution in [2.75, 3.05) is 47.8 Å². The minimum atomic E-state index is -0.0331. The number of carbonyl (C=O) groups excluding carboxylic acids is 2. The molecule has 2 rings (SSSR count). The summed E-state index contributed by atoms with van der Waals surface area (Å²) in [5.74, 6) is 1.26. The van der Waals surface area contributed by atoms with E-state index in [0.29, 0.717) is 31.7 Å². The predicted octanol–water partition coefficient (Wildman–Crippen LogP) is 3.61. The van der Waals surface area contributed by atoms with Gasteiger partial charge in [-0.1, -0.05) is 39.5 Å². The molecule has 2 aliphatic carbocycles. The number of hydrogen-bond acceptors (Lipinski definition) is 7. The van der Waals surface area contributed by atoms with Crippen molar-refractivity contribution < 1.29 is 33.6 Å². The fourth-order valence-electron chi connectivity index (χ4n) is 3.91. The lowest BCUT2D eigenvalue weighted by Gasteiger charge is -2.26. The number of esters is 2. The summed E-state index contributed by atoms with van der Waals surface area (Å²) >= 11 is 0. The quantitative estimate of drug-likeness (QED) is 0.485. The van der Waals surface area contributed by atoms with E-state index >= 15 is 0 Å². The largest absolute Gasteiger partial charge is 0.469 e. The van der Waals surface area contributed by atoms with E-state index in [4.69, 9.17) is 19.3 Å². The van der Waals surface area contributed by atoms with Gasteiger partial charge in [0, 0.05) is 14.2 Å². The third-order valence-electron chi connectivity index (χ3n) is 5.86. The molecule has 0 aromatic rings. The van der Waals surface area contributed by atoms with Crippen LogP contribution in [0.25, 0.3) is 0 Å². The minimum Gasteiger partial charge on any atom is -0.469 e. The monoisotopic (exact) mass is 432 g/mol. The van der Waals surface area contributed by atoms with E-state index in [0.717, 1.165) is 25.7 Å². The van der Waals surface area contributed by atoms with Gasteiger partial charge in [0.15, 0.2) is 0 Å². The summed E-state index contributed by atoms with van der Waals surface area (Å²) in [6.07, 6.45) is 9.22. The molecule has 0 radical (unpaired) electrons. The summed E-state index contributed by atoms with van der Waals surface area (Å²) in [4.78, 5) is 22.8. The Bertz CT molecular complexity index is 439. The van der Waals surface area contributed by atoms with Gasteiger partial charge in [-0.3, -0.25) is 9.59 Å². The van der Waals surface area contributed by atoms with Crippen molar-refractivity contribution in [1.82, 2.24) is 0 Å². The molecule has 0 aromatic heterocycles. The molecular formula is C23H44O7.